The number of hydrogen-bond acceptors (Lipinski definition) is 3. The van der Waals surface area contributed by atoms with E-state index in [2.05, 4.69) is 5.32 Å². The molecule has 10 heteroatoms. The van der Waals surface area contributed by atoms with Gasteiger partial charge >= 0.3 is 6.18 Å². The van der Waals surface area contributed by atoms with E-state index in [4.69, 9.17) is 11.6 Å². The van der Waals surface area contributed by atoms with Gasteiger partial charge in [-0.2, -0.15) is 13.2 Å². The lowest BCUT2D eigenvalue weighted by Gasteiger charge is -2.25. The number of sulfonamides is 1. The van der Waals surface area contributed by atoms with Crippen molar-refractivity contribution < 1.29 is 26.4 Å². The van der Waals surface area contributed by atoms with Gasteiger partial charge in [-0.25, -0.2) is 8.42 Å². The van der Waals surface area contributed by atoms with Gasteiger partial charge in [0.2, 0.25) is 5.91 Å². The van der Waals surface area contributed by atoms with Crippen molar-refractivity contribution in [3.8, 4) is 0 Å². The number of alkyl halides is 3. The first-order valence-electron chi connectivity index (χ1n) is 9.71. The minimum atomic E-state index is -4.69. The third-order valence-electron chi connectivity index (χ3n) is 4.90. The zero-order chi connectivity index (χ0) is 24.4. The number of aryl methyl sites for hydroxylation is 1. The first kappa shape index (κ1) is 24.6. The molecule has 0 spiro atoms. The highest BCUT2D eigenvalue weighted by atomic mass is 35.5. The second kappa shape index (κ2) is 9.44. The van der Waals surface area contributed by atoms with Crippen molar-refractivity contribution in [3.63, 3.8) is 0 Å². The quantitative estimate of drug-likeness (QED) is 0.468. The van der Waals surface area contributed by atoms with Crippen molar-refractivity contribution in [2.45, 2.75) is 24.9 Å². The van der Waals surface area contributed by atoms with Crippen LogP contribution in [0.1, 0.15) is 16.7 Å². The van der Waals surface area contributed by atoms with Crippen molar-refractivity contribution in [2.75, 3.05) is 16.2 Å². The smallest absolute Gasteiger partial charge is 0.324 e. The van der Waals surface area contributed by atoms with E-state index < -0.39 is 34.2 Å². The van der Waals surface area contributed by atoms with Gasteiger partial charge in [-0.15, -0.1) is 0 Å². The van der Waals surface area contributed by atoms with Crippen molar-refractivity contribution in [2.24, 2.45) is 0 Å². The molecule has 0 heterocycles. The molecule has 0 saturated carbocycles. The monoisotopic (exact) mass is 496 g/mol. The number of anilines is 2. The van der Waals surface area contributed by atoms with E-state index >= 15 is 0 Å². The molecule has 0 aromatic heterocycles. The maximum atomic E-state index is 13.4. The molecule has 3 aromatic carbocycles. The number of nitrogens with zero attached hydrogens (tertiary/aromatic N) is 1. The summed E-state index contributed by atoms with van der Waals surface area (Å²) in [4.78, 5) is 12.6. The second-order valence-corrected chi connectivity index (χ2v) is 9.60. The summed E-state index contributed by atoms with van der Waals surface area (Å²) in [5.41, 5.74) is 0.413. The Hall–Kier alpha value is -3.04. The molecule has 0 saturated heterocycles. The van der Waals surface area contributed by atoms with E-state index in [9.17, 15) is 26.4 Å². The van der Waals surface area contributed by atoms with Gasteiger partial charge in [0.25, 0.3) is 10.0 Å². The zero-order valence-electron chi connectivity index (χ0n) is 17.7. The highest BCUT2D eigenvalue weighted by molar-refractivity contribution is 7.92. The molecule has 174 valence electrons. The molecule has 0 fully saturated rings. The molecule has 1 amide bonds. The number of nitrogens with one attached hydrogen (secondary N) is 1. The van der Waals surface area contributed by atoms with E-state index in [1.807, 2.05) is 0 Å². The average Bonchev–Trinajstić information content (AvgIpc) is 2.75. The summed E-state index contributed by atoms with van der Waals surface area (Å²) in [6.07, 6.45) is -4.69. The molecule has 3 aromatic rings. The molecule has 1 N–H and O–H groups in total. The molecule has 0 aliphatic rings. The lowest BCUT2D eigenvalue weighted by Crippen LogP contribution is -2.38. The summed E-state index contributed by atoms with van der Waals surface area (Å²) in [5.74, 6) is -0.742. The SMILES string of the molecule is Cc1ccc(S(=O)(=O)N(CC(=O)Nc2cccc(Cl)c2C)c2cccc(C(F)(F)F)c2)cc1. The summed E-state index contributed by atoms with van der Waals surface area (Å²) in [6.45, 7) is 2.69. The maximum Gasteiger partial charge on any atom is 0.416 e. The summed E-state index contributed by atoms with van der Waals surface area (Å²) in [6, 6.07) is 14.4. The van der Waals surface area contributed by atoms with E-state index in [1.54, 1.807) is 44.2 Å². The number of hydrogen-bond donors (Lipinski definition) is 1. The lowest BCUT2D eigenvalue weighted by molar-refractivity contribution is -0.137. The van der Waals surface area contributed by atoms with Gasteiger partial charge in [-0.05, 0) is 61.9 Å². The molecule has 0 aliphatic heterocycles. The van der Waals surface area contributed by atoms with Crippen molar-refractivity contribution in [3.05, 3.63) is 88.4 Å². The van der Waals surface area contributed by atoms with Crippen molar-refractivity contribution >= 4 is 38.9 Å². The number of halogens is 4. The number of amides is 1. The molecule has 0 atom stereocenters. The molecule has 0 unspecified atom stereocenters. The summed E-state index contributed by atoms with van der Waals surface area (Å²) in [5, 5.41) is 2.98. The van der Waals surface area contributed by atoms with Crippen LogP contribution in [0.3, 0.4) is 0 Å². The normalized spacial score (nSPS) is 11.8. The van der Waals surface area contributed by atoms with Crippen molar-refractivity contribution in [1.29, 1.82) is 0 Å². The van der Waals surface area contributed by atoms with Crippen LogP contribution in [0.5, 0.6) is 0 Å². The third kappa shape index (κ3) is 5.66. The maximum absolute atomic E-state index is 13.4. The molecule has 3 rings (SSSR count). The van der Waals surface area contributed by atoms with E-state index in [0.717, 1.165) is 17.7 Å². The van der Waals surface area contributed by atoms with Gasteiger partial charge in [0.1, 0.15) is 6.54 Å². The average molecular weight is 497 g/mol. The summed E-state index contributed by atoms with van der Waals surface area (Å²) >= 11 is 6.06. The first-order chi connectivity index (χ1) is 15.4. The van der Waals surface area contributed by atoms with Crippen LogP contribution in [0.25, 0.3) is 0 Å². The standard InChI is InChI=1S/C23H20ClF3N2O3S/c1-15-9-11-19(12-10-15)33(31,32)29(18-6-3-5-17(13-18)23(25,26)27)14-22(30)28-21-8-4-7-20(24)16(21)2/h3-13H,14H2,1-2H3,(H,28,30). The summed E-state index contributed by atoms with van der Waals surface area (Å²) < 4.78 is 67.2. The highest BCUT2D eigenvalue weighted by Crippen LogP contribution is 2.33. The highest BCUT2D eigenvalue weighted by Gasteiger charge is 2.33. The van der Waals surface area contributed by atoms with Crippen LogP contribution in [0.4, 0.5) is 24.5 Å². The zero-order valence-corrected chi connectivity index (χ0v) is 19.2. The number of carbonyl (C=O) groups excluding carboxylic acids is 1. The number of rotatable bonds is 6. The van der Waals surface area contributed by atoms with Gasteiger partial charge in [0.15, 0.2) is 0 Å². The van der Waals surface area contributed by atoms with Crippen LogP contribution >= 0.6 is 11.6 Å². The lowest BCUT2D eigenvalue weighted by atomic mass is 10.2. The third-order valence-corrected chi connectivity index (χ3v) is 7.10. The molecule has 0 radical (unpaired) electrons. The Kier molecular flexibility index (Phi) is 7.04. The Morgan fingerprint density at radius 2 is 1.64 bits per heavy atom. The minimum Gasteiger partial charge on any atom is -0.324 e. The van der Waals surface area contributed by atoms with Crippen LogP contribution in [0.15, 0.2) is 71.6 Å². The van der Waals surface area contributed by atoms with Gasteiger partial charge in [0, 0.05) is 10.7 Å². The van der Waals surface area contributed by atoms with Gasteiger partial charge in [0.05, 0.1) is 16.1 Å². The molecular weight excluding hydrogens is 477 g/mol. The molecule has 0 bridgehead atoms. The van der Waals surface area contributed by atoms with Gasteiger partial charge in [-0.1, -0.05) is 41.4 Å². The van der Waals surface area contributed by atoms with Crippen LogP contribution in [0, 0.1) is 13.8 Å². The Morgan fingerprint density at radius 1 is 1.00 bits per heavy atom. The fourth-order valence-corrected chi connectivity index (χ4v) is 4.64. The number of carbonyl (C=O) groups is 1. The molecule has 33 heavy (non-hydrogen) atoms. The topological polar surface area (TPSA) is 66.5 Å². The molecule has 5 nitrogen and oxygen atoms in total. The predicted octanol–water partition coefficient (Wildman–Crippen LogP) is 5.81. The summed E-state index contributed by atoms with van der Waals surface area (Å²) in [7, 11) is -4.36. The fraction of sp³-hybridized carbons (Fsp3) is 0.174. The fourth-order valence-electron chi connectivity index (χ4n) is 3.05. The minimum absolute atomic E-state index is 0.155. The van der Waals surface area contributed by atoms with Crippen LogP contribution in [0.2, 0.25) is 5.02 Å². The predicted molar refractivity (Wildman–Crippen MR) is 122 cm³/mol. The largest absolute Gasteiger partial charge is 0.416 e. The van der Waals surface area contributed by atoms with E-state index in [1.165, 1.54) is 18.2 Å². The molecular formula is C23H20ClF3N2O3S. The van der Waals surface area contributed by atoms with Crippen molar-refractivity contribution in [1.82, 2.24) is 0 Å². The van der Waals surface area contributed by atoms with Crippen LogP contribution in [-0.4, -0.2) is 20.9 Å². The van der Waals surface area contributed by atoms with E-state index in [-0.39, 0.29) is 10.6 Å². The first-order valence-corrected chi connectivity index (χ1v) is 11.5. The van der Waals surface area contributed by atoms with Gasteiger partial charge < -0.3 is 5.32 Å². The Morgan fingerprint density at radius 3 is 2.27 bits per heavy atom. The van der Waals surface area contributed by atoms with Crippen LogP contribution in [-0.2, 0) is 21.0 Å². The van der Waals surface area contributed by atoms with E-state index in [0.29, 0.717) is 26.6 Å². The number of benzene rings is 3. The van der Waals surface area contributed by atoms with Gasteiger partial charge in [-0.3, -0.25) is 9.10 Å². The Balaban J connectivity index is 2.03. The molecule has 0 aliphatic carbocycles. The van der Waals surface area contributed by atoms with Crippen LogP contribution < -0.4 is 9.62 Å². The Labute approximate surface area is 194 Å². The Bertz CT molecular complexity index is 1280. The second-order valence-electron chi connectivity index (χ2n) is 7.33.